The Labute approximate surface area is 111 Å². The van der Waals surface area contributed by atoms with Gasteiger partial charge in [-0.1, -0.05) is 26.0 Å². The van der Waals surface area contributed by atoms with Crippen LogP contribution in [0.4, 0.5) is 5.69 Å². The van der Waals surface area contributed by atoms with Crippen molar-refractivity contribution in [2.45, 2.75) is 20.8 Å². The van der Waals surface area contributed by atoms with E-state index in [1.54, 1.807) is 11.3 Å². The first-order valence-electron chi connectivity index (χ1n) is 5.89. The molecule has 0 aliphatic rings. The molecular weight excluding hydrogens is 244 g/mol. The standard InChI is InChI=1S/C14H16N2OS/c1-9(2)14(17)16-12-6-4-5-11(7-12)13-8-18-10(3)15-13/h4-9H,1-3H3,(H,16,17). The highest BCUT2D eigenvalue weighted by molar-refractivity contribution is 7.09. The lowest BCUT2D eigenvalue weighted by Crippen LogP contribution is -2.17. The quantitative estimate of drug-likeness (QED) is 0.914. The van der Waals surface area contributed by atoms with Crippen molar-refractivity contribution in [1.29, 1.82) is 0 Å². The van der Waals surface area contributed by atoms with Crippen LogP contribution in [0, 0.1) is 12.8 Å². The Kier molecular flexibility index (Phi) is 3.77. The molecule has 0 saturated carbocycles. The predicted octanol–water partition coefficient (Wildman–Crippen LogP) is 3.71. The lowest BCUT2D eigenvalue weighted by Gasteiger charge is -2.08. The molecule has 0 aliphatic carbocycles. The van der Waals surface area contributed by atoms with E-state index in [9.17, 15) is 4.79 Å². The van der Waals surface area contributed by atoms with Gasteiger partial charge in [0.05, 0.1) is 10.7 Å². The van der Waals surface area contributed by atoms with Crippen molar-refractivity contribution >= 4 is 22.9 Å². The SMILES string of the molecule is Cc1nc(-c2cccc(NC(=O)C(C)C)c2)cs1. The van der Waals surface area contributed by atoms with Crippen LogP contribution in [-0.4, -0.2) is 10.9 Å². The van der Waals surface area contributed by atoms with Gasteiger partial charge in [0.15, 0.2) is 0 Å². The molecule has 1 N–H and O–H groups in total. The number of thiazole rings is 1. The monoisotopic (exact) mass is 260 g/mol. The number of benzene rings is 1. The summed E-state index contributed by atoms with van der Waals surface area (Å²) < 4.78 is 0. The van der Waals surface area contributed by atoms with Gasteiger partial charge in [-0.25, -0.2) is 4.98 Å². The highest BCUT2D eigenvalue weighted by atomic mass is 32.1. The van der Waals surface area contributed by atoms with Crippen LogP contribution in [0.3, 0.4) is 0 Å². The molecule has 0 bridgehead atoms. The third-order valence-electron chi connectivity index (χ3n) is 2.57. The summed E-state index contributed by atoms with van der Waals surface area (Å²) in [5, 5.41) is 5.96. The van der Waals surface area contributed by atoms with Gasteiger partial charge in [0.1, 0.15) is 0 Å². The number of aromatic nitrogens is 1. The van der Waals surface area contributed by atoms with Crippen molar-refractivity contribution in [3.63, 3.8) is 0 Å². The fraction of sp³-hybridized carbons (Fsp3) is 0.286. The lowest BCUT2D eigenvalue weighted by atomic mass is 10.1. The van der Waals surface area contributed by atoms with Crippen LogP contribution >= 0.6 is 11.3 Å². The number of nitrogens with one attached hydrogen (secondary N) is 1. The highest BCUT2D eigenvalue weighted by Gasteiger charge is 2.08. The van der Waals surface area contributed by atoms with Gasteiger partial charge in [0.2, 0.25) is 5.91 Å². The normalized spacial score (nSPS) is 10.7. The molecule has 0 spiro atoms. The van der Waals surface area contributed by atoms with Gasteiger partial charge >= 0.3 is 0 Å². The van der Waals surface area contributed by atoms with E-state index in [0.29, 0.717) is 0 Å². The second-order valence-corrected chi connectivity index (χ2v) is 5.54. The van der Waals surface area contributed by atoms with Gasteiger partial charge in [-0.15, -0.1) is 11.3 Å². The van der Waals surface area contributed by atoms with E-state index >= 15 is 0 Å². The number of nitrogens with zero attached hydrogens (tertiary/aromatic N) is 1. The van der Waals surface area contributed by atoms with Crippen LogP contribution in [0.25, 0.3) is 11.3 Å². The van der Waals surface area contributed by atoms with Gasteiger partial charge in [0, 0.05) is 22.5 Å². The molecule has 1 amide bonds. The van der Waals surface area contributed by atoms with Crippen LogP contribution in [0.1, 0.15) is 18.9 Å². The zero-order chi connectivity index (χ0) is 13.1. The molecule has 4 heteroatoms. The van der Waals surface area contributed by atoms with E-state index in [2.05, 4.69) is 10.3 Å². The summed E-state index contributed by atoms with van der Waals surface area (Å²) in [5.74, 6) is 0.0109. The molecule has 1 aromatic carbocycles. The first-order chi connectivity index (χ1) is 8.56. The Hall–Kier alpha value is -1.68. The summed E-state index contributed by atoms with van der Waals surface area (Å²) in [6, 6.07) is 7.78. The molecule has 2 aromatic rings. The van der Waals surface area contributed by atoms with Crippen molar-refractivity contribution in [2.75, 3.05) is 5.32 Å². The fourth-order valence-electron chi connectivity index (χ4n) is 1.54. The van der Waals surface area contributed by atoms with E-state index in [4.69, 9.17) is 0 Å². The minimum absolute atomic E-state index is 0.0184. The molecule has 18 heavy (non-hydrogen) atoms. The number of carbonyl (C=O) groups is 1. The number of carbonyl (C=O) groups excluding carboxylic acids is 1. The molecule has 0 radical (unpaired) electrons. The number of rotatable bonds is 3. The Morgan fingerprint density at radius 3 is 2.78 bits per heavy atom. The molecule has 3 nitrogen and oxygen atoms in total. The molecule has 1 aromatic heterocycles. The first-order valence-corrected chi connectivity index (χ1v) is 6.77. The number of hydrogen-bond donors (Lipinski definition) is 1. The number of amides is 1. The summed E-state index contributed by atoms with van der Waals surface area (Å²) >= 11 is 1.63. The fourth-order valence-corrected chi connectivity index (χ4v) is 2.16. The summed E-state index contributed by atoms with van der Waals surface area (Å²) in [7, 11) is 0. The van der Waals surface area contributed by atoms with Crippen molar-refractivity contribution in [2.24, 2.45) is 5.92 Å². The average molecular weight is 260 g/mol. The van der Waals surface area contributed by atoms with Crippen molar-refractivity contribution < 1.29 is 4.79 Å². The Bertz CT molecular complexity index is 560. The molecule has 0 atom stereocenters. The van der Waals surface area contributed by atoms with Gasteiger partial charge < -0.3 is 5.32 Å². The molecule has 0 unspecified atom stereocenters. The first kappa shape index (κ1) is 12.8. The third kappa shape index (κ3) is 2.96. The second kappa shape index (κ2) is 5.31. The van der Waals surface area contributed by atoms with Crippen LogP contribution < -0.4 is 5.32 Å². The Balaban J connectivity index is 2.23. The zero-order valence-corrected chi connectivity index (χ0v) is 11.5. The van der Waals surface area contributed by atoms with Crippen LogP contribution in [-0.2, 0) is 4.79 Å². The highest BCUT2D eigenvalue weighted by Crippen LogP contribution is 2.24. The minimum Gasteiger partial charge on any atom is -0.326 e. The smallest absolute Gasteiger partial charge is 0.226 e. The Morgan fingerprint density at radius 1 is 1.39 bits per heavy atom. The summed E-state index contributed by atoms with van der Waals surface area (Å²) in [5.41, 5.74) is 2.80. The maximum atomic E-state index is 11.6. The van der Waals surface area contributed by atoms with Gasteiger partial charge in [0.25, 0.3) is 0 Å². The summed E-state index contributed by atoms with van der Waals surface area (Å²) in [6.45, 7) is 5.74. The second-order valence-electron chi connectivity index (χ2n) is 4.48. The van der Waals surface area contributed by atoms with E-state index in [-0.39, 0.29) is 11.8 Å². The maximum absolute atomic E-state index is 11.6. The number of aryl methyl sites for hydroxylation is 1. The van der Waals surface area contributed by atoms with E-state index in [1.165, 1.54) is 0 Å². The summed E-state index contributed by atoms with van der Waals surface area (Å²) in [4.78, 5) is 16.1. The lowest BCUT2D eigenvalue weighted by molar-refractivity contribution is -0.118. The van der Waals surface area contributed by atoms with E-state index < -0.39 is 0 Å². The van der Waals surface area contributed by atoms with Crippen molar-refractivity contribution in [3.8, 4) is 11.3 Å². The molecule has 94 valence electrons. The van der Waals surface area contributed by atoms with E-state index in [0.717, 1.165) is 22.0 Å². The molecule has 0 fully saturated rings. The van der Waals surface area contributed by atoms with Crippen molar-refractivity contribution in [3.05, 3.63) is 34.7 Å². The van der Waals surface area contributed by atoms with E-state index in [1.807, 2.05) is 50.4 Å². The minimum atomic E-state index is -0.0184. The zero-order valence-electron chi connectivity index (χ0n) is 10.7. The van der Waals surface area contributed by atoms with Crippen LogP contribution in [0.2, 0.25) is 0 Å². The third-order valence-corrected chi connectivity index (χ3v) is 3.34. The molecule has 0 saturated heterocycles. The predicted molar refractivity (Wildman–Crippen MR) is 75.8 cm³/mol. The summed E-state index contributed by atoms with van der Waals surface area (Å²) in [6.07, 6.45) is 0. The molecule has 1 heterocycles. The molecule has 2 rings (SSSR count). The van der Waals surface area contributed by atoms with Gasteiger partial charge in [-0.05, 0) is 19.1 Å². The maximum Gasteiger partial charge on any atom is 0.226 e. The topological polar surface area (TPSA) is 42.0 Å². The molecular formula is C14H16N2OS. The van der Waals surface area contributed by atoms with Gasteiger partial charge in [-0.2, -0.15) is 0 Å². The van der Waals surface area contributed by atoms with Gasteiger partial charge in [-0.3, -0.25) is 4.79 Å². The number of hydrogen-bond acceptors (Lipinski definition) is 3. The van der Waals surface area contributed by atoms with Crippen molar-refractivity contribution in [1.82, 2.24) is 4.98 Å². The Morgan fingerprint density at radius 2 is 2.17 bits per heavy atom. The number of anilines is 1. The molecule has 0 aliphatic heterocycles. The largest absolute Gasteiger partial charge is 0.326 e. The van der Waals surface area contributed by atoms with Crippen LogP contribution in [0.5, 0.6) is 0 Å². The van der Waals surface area contributed by atoms with Crippen LogP contribution in [0.15, 0.2) is 29.6 Å². The average Bonchev–Trinajstić information content (AvgIpc) is 2.76.